The summed E-state index contributed by atoms with van der Waals surface area (Å²) >= 11 is 6.08. The predicted molar refractivity (Wildman–Crippen MR) is 104 cm³/mol. The van der Waals surface area contributed by atoms with Crippen molar-refractivity contribution in [2.75, 3.05) is 33.9 Å². The maximum Gasteiger partial charge on any atom is 0.194 e. The van der Waals surface area contributed by atoms with Crippen LogP contribution in [0.3, 0.4) is 0 Å². The van der Waals surface area contributed by atoms with Gasteiger partial charge in [-0.3, -0.25) is 4.99 Å². The number of benzene rings is 1. The first-order chi connectivity index (χ1) is 12.6. The number of nitrogens with one attached hydrogen (secondary N) is 1. The van der Waals surface area contributed by atoms with Gasteiger partial charge < -0.3 is 19.5 Å². The molecule has 7 nitrogen and oxygen atoms in total. The lowest BCUT2D eigenvalue weighted by molar-refractivity contribution is 0.207. The summed E-state index contributed by atoms with van der Waals surface area (Å²) in [4.78, 5) is 6.70. The van der Waals surface area contributed by atoms with Crippen molar-refractivity contribution in [1.82, 2.24) is 25.0 Å². The second-order valence-corrected chi connectivity index (χ2v) is 6.34. The maximum absolute atomic E-state index is 6.08. The van der Waals surface area contributed by atoms with Gasteiger partial charge in [-0.25, -0.2) is 0 Å². The number of methoxy groups -OCH3 is 1. The van der Waals surface area contributed by atoms with Crippen molar-refractivity contribution in [2.24, 2.45) is 4.99 Å². The van der Waals surface area contributed by atoms with Crippen LogP contribution in [0.1, 0.15) is 18.3 Å². The molecule has 1 aromatic heterocycles. The Hall–Kier alpha value is -2.12. The molecule has 0 unspecified atom stereocenters. The van der Waals surface area contributed by atoms with E-state index in [0.29, 0.717) is 19.7 Å². The van der Waals surface area contributed by atoms with Crippen molar-refractivity contribution in [3.8, 4) is 0 Å². The molecule has 1 aromatic carbocycles. The van der Waals surface area contributed by atoms with Crippen molar-refractivity contribution in [2.45, 2.75) is 26.4 Å². The normalized spacial score (nSPS) is 11.6. The molecular formula is C18H27ClN6O. The van der Waals surface area contributed by atoms with Gasteiger partial charge in [-0.2, -0.15) is 0 Å². The first kappa shape index (κ1) is 20.2. The molecule has 2 aromatic rings. The standard InChI is InChI=1S/C18H27ClN6O/c1-4-17-23-22-14-25(17)10-8-20-18(21-9-11-26-3)24(2)13-15-6-5-7-16(19)12-15/h5-7,12,14H,4,8-11,13H2,1-3H3,(H,20,21). The Kier molecular flexibility index (Phi) is 8.37. The van der Waals surface area contributed by atoms with E-state index < -0.39 is 0 Å². The molecule has 0 aliphatic heterocycles. The van der Waals surface area contributed by atoms with E-state index in [0.717, 1.165) is 41.9 Å². The van der Waals surface area contributed by atoms with Crippen molar-refractivity contribution < 1.29 is 4.74 Å². The zero-order chi connectivity index (χ0) is 18.8. The van der Waals surface area contributed by atoms with Crippen LogP contribution >= 0.6 is 11.6 Å². The Labute approximate surface area is 160 Å². The second-order valence-electron chi connectivity index (χ2n) is 5.91. The molecule has 0 fully saturated rings. The molecule has 142 valence electrons. The molecular weight excluding hydrogens is 352 g/mol. The van der Waals surface area contributed by atoms with Gasteiger partial charge in [0.2, 0.25) is 0 Å². The second kappa shape index (κ2) is 10.8. The summed E-state index contributed by atoms with van der Waals surface area (Å²) in [6.07, 6.45) is 2.63. The topological polar surface area (TPSA) is 67.6 Å². The van der Waals surface area contributed by atoms with Gasteiger partial charge in [-0.05, 0) is 17.7 Å². The molecule has 0 spiro atoms. The summed E-state index contributed by atoms with van der Waals surface area (Å²) in [7, 11) is 3.69. The number of guanidine groups is 1. The Morgan fingerprint density at radius 2 is 2.27 bits per heavy atom. The highest BCUT2D eigenvalue weighted by Crippen LogP contribution is 2.12. The number of halogens is 1. The fourth-order valence-electron chi connectivity index (χ4n) is 2.57. The lowest BCUT2D eigenvalue weighted by Gasteiger charge is -2.23. The lowest BCUT2D eigenvalue weighted by Crippen LogP contribution is -2.40. The highest BCUT2D eigenvalue weighted by Gasteiger charge is 2.08. The Balaban J connectivity index is 1.96. The molecule has 8 heteroatoms. The van der Waals surface area contributed by atoms with E-state index in [2.05, 4.69) is 43.0 Å². The van der Waals surface area contributed by atoms with E-state index in [4.69, 9.17) is 16.3 Å². The third kappa shape index (κ3) is 6.31. The smallest absolute Gasteiger partial charge is 0.194 e. The third-order valence-corrected chi connectivity index (χ3v) is 4.11. The number of aromatic nitrogens is 3. The minimum absolute atomic E-state index is 0.585. The van der Waals surface area contributed by atoms with Gasteiger partial charge in [0.15, 0.2) is 5.96 Å². The monoisotopic (exact) mass is 378 g/mol. The van der Waals surface area contributed by atoms with Crippen molar-refractivity contribution in [3.05, 3.63) is 47.0 Å². The SMILES string of the molecule is CCc1nncn1CCNC(=NCCOC)N(C)Cc1cccc(Cl)c1. The summed E-state index contributed by atoms with van der Waals surface area (Å²) < 4.78 is 7.16. The van der Waals surface area contributed by atoms with Gasteiger partial charge in [-0.1, -0.05) is 30.7 Å². The number of aliphatic imine (C=N–C) groups is 1. The fraction of sp³-hybridized carbons (Fsp3) is 0.500. The summed E-state index contributed by atoms with van der Waals surface area (Å²) in [5.41, 5.74) is 1.13. The number of hydrogen-bond donors (Lipinski definition) is 1. The quantitative estimate of drug-likeness (QED) is 0.411. The highest BCUT2D eigenvalue weighted by molar-refractivity contribution is 6.30. The van der Waals surface area contributed by atoms with E-state index in [1.165, 1.54) is 0 Å². The van der Waals surface area contributed by atoms with E-state index in [9.17, 15) is 0 Å². The summed E-state index contributed by atoms with van der Waals surface area (Å²) in [5, 5.41) is 12.2. The minimum Gasteiger partial charge on any atom is -0.383 e. The molecule has 0 amide bonds. The molecule has 2 rings (SSSR count). The van der Waals surface area contributed by atoms with E-state index in [1.54, 1.807) is 13.4 Å². The number of hydrogen-bond acceptors (Lipinski definition) is 4. The van der Waals surface area contributed by atoms with Gasteiger partial charge in [0.25, 0.3) is 0 Å². The van der Waals surface area contributed by atoms with Crippen LogP contribution in [0.2, 0.25) is 5.02 Å². The molecule has 26 heavy (non-hydrogen) atoms. The average Bonchev–Trinajstić information content (AvgIpc) is 3.08. The van der Waals surface area contributed by atoms with Crippen LogP contribution in [0.5, 0.6) is 0 Å². The van der Waals surface area contributed by atoms with Crippen LogP contribution in [-0.4, -0.2) is 59.5 Å². The van der Waals surface area contributed by atoms with Crippen molar-refractivity contribution >= 4 is 17.6 Å². The van der Waals surface area contributed by atoms with Crippen LogP contribution < -0.4 is 5.32 Å². The molecule has 0 aliphatic carbocycles. The zero-order valence-electron chi connectivity index (χ0n) is 15.7. The fourth-order valence-corrected chi connectivity index (χ4v) is 2.78. The third-order valence-electron chi connectivity index (χ3n) is 3.88. The molecule has 0 saturated heterocycles. The predicted octanol–water partition coefficient (Wildman–Crippen LogP) is 2.22. The van der Waals surface area contributed by atoms with Gasteiger partial charge >= 0.3 is 0 Å². The van der Waals surface area contributed by atoms with Gasteiger partial charge in [0.1, 0.15) is 12.2 Å². The van der Waals surface area contributed by atoms with Gasteiger partial charge in [-0.15, -0.1) is 10.2 Å². The highest BCUT2D eigenvalue weighted by atomic mass is 35.5. The zero-order valence-corrected chi connectivity index (χ0v) is 16.4. The minimum atomic E-state index is 0.585. The number of nitrogens with zero attached hydrogens (tertiary/aromatic N) is 5. The van der Waals surface area contributed by atoms with Crippen molar-refractivity contribution in [1.29, 1.82) is 0 Å². The number of aryl methyl sites for hydroxylation is 1. The summed E-state index contributed by atoms with van der Waals surface area (Å²) in [6, 6.07) is 7.86. The lowest BCUT2D eigenvalue weighted by atomic mass is 10.2. The molecule has 0 bridgehead atoms. The first-order valence-corrected chi connectivity index (χ1v) is 9.11. The van der Waals surface area contributed by atoms with Crippen LogP contribution in [0.4, 0.5) is 0 Å². The molecule has 0 atom stereocenters. The van der Waals surface area contributed by atoms with Gasteiger partial charge in [0.05, 0.1) is 13.2 Å². The summed E-state index contributed by atoms with van der Waals surface area (Å²) in [5.74, 6) is 1.81. The van der Waals surface area contributed by atoms with E-state index >= 15 is 0 Å². The Bertz CT molecular complexity index is 702. The molecule has 0 radical (unpaired) electrons. The number of rotatable bonds is 9. The van der Waals surface area contributed by atoms with Gasteiger partial charge in [0, 0.05) is 45.2 Å². The van der Waals surface area contributed by atoms with Crippen LogP contribution in [0, 0.1) is 0 Å². The Morgan fingerprint density at radius 1 is 1.42 bits per heavy atom. The summed E-state index contributed by atoms with van der Waals surface area (Å²) in [6.45, 7) is 5.49. The number of ether oxygens (including phenoxy) is 1. The van der Waals surface area contributed by atoms with Crippen molar-refractivity contribution in [3.63, 3.8) is 0 Å². The van der Waals surface area contributed by atoms with E-state index in [-0.39, 0.29) is 0 Å². The maximum atomic E-state index is 6.08. The Morgan fingerprint density at radius 3 is 3.00 bits per heavy atom. The van der Waals surface area contributed by atoms with E-state index in [1.807, 2.05) is 25.2 Å². The van der Waals surface area contributed by atoms with Crippen LogP contribution in [0.25, 0.3) is 0 Å². The van der Waals surface area contributed by atoms with Crippen LogP contribution in [-0.2, 0) is 24.2 Å². The molecule has 1 N–H and O–H groups in total. The van der Waals surface area contributed by atoms with Crippen LogP contribution in [0.15, 0.2) is 35.6 Å². The first-order valence-electron chi connectivity index (χ1n) is 8.73. The molecule has 0 saturated carbocycles. The molecule has 0 aliphatic rings. The largest absolute Gasteiger partial charge is 0.383 e. The average molecular weight is 379 g/mol. The molecule has 1 heterocycles.